The number of anilines is 1. The lowest BCUT2D eigenvalue weighted by Crippen LogP contribution is -2.13. The predicted molar refractivity (Wildman–Crippen MR) is 133 cm³/mol. The topological polar surface area (TPSA) is 71.3 Å². The zero-order valence-electron chi connectivity index (χ0n) is 16.9. The molecule has 3 aromatic carbocycles. The summed E-state index contributed by atoms with van der Waals surface area (Å²) < 4.78 is 12.4. The Kier molecular flexibility index (Phi) is 8.34. The first-order valence-electron chi connectivity index (χ1n) is 9.33. The van der Waals surface area contributed by atoms with E-state index >= 15 is 0 Å². The molecular formula is C24H17Br2ClN2O3. The number of carbonyl (C=O) groups is 1. The Morgan fingerprint density at radius 3 is 2.41 bits per heavy atom. The molecule has 1 N–H and O–H groups in total. The summed E-state index contributed by atoms with van der Waals surface area (Å²) in [7, 11) is 1.56. The number of nitriles is 1. The Morgan fingerprint density at radius 2 is 1.81 bits per heavy atom. The summed E-state index contributed by atoms with van der Waals surface area (Å²) in [6.45, 7) is 0.334. The lowest BCUT2D eigenvalue weighted by Gasteiger charge is -2.12. The van der Waals surface area contributed by atoms with Crippen molar-refractivity contribution in [1.29, 1.82) is 5.26 Å². The van der Waals surface area contributed by atoms with E-state index in [0.29, 0.717) is 43.3 Å². The van der Waals surface area contributed by atoms with Gasteiger partial charge < -0.3 is 14.8 Å². The Hall–Kier alpha value is -2.79. The van der Waals surface area contributed by atoms with Gasteiger partial charge in [-0.3, -0.25) is 4.79 Å². The summed E-state index contributed by atoms with van der Waals surface area (Å²) in [6.07, 6.45) is 1.51. The van der Waals surface area contributed by atoms with Gasteiger partial charge in [0.05, 0.1) is 16.1 Å². The number of methoxy groups -OCH3 is 1. The van der Waals surface area contributed by atoms with Crippen LogP contribution in [0, 0.1) is 11.3 Å². The Labute approximate surface area is 207 Å². The van der Waals surface area contributed by atoms with Gasteiger partial charge in [-0.1, -0.05) is 23.7 Å². The monoisotopic (exact) mass is 574 g/mol. The average Bonchev–Trinajstić information content (AvgIpc) is 2.77. The number of halogens is 3. The van der Waals surface area contributed by atoms with E-state index in [-0.39, 0.29) is 5.57 Å². The van der Waals surface area contributed by atoms with Crippen molar-refractivity contribution in [2.45, 2.75) is 6.61 Å². The van der Waals surface area contributed by atoms with E-state index < -0.39 is 5.91 Å². The SMILES string of the molecule is COc1ccc(NC(=O)/C(C#N)=C/c2cc(Br)c(OCc3cccc(Cl)c3)c(Br)c2)cc1. The van der Waals surface area contributed by atoms with Gasteiger partial charge in [0.15, 0.2) is 0 Å². The Morgan fingerprint density at radius 1 is 1.12 bits per heavy atom. The van der Waals surface area contributed by atoms with Crippen molar-refractivity contribution in [3.05, 3.63) is 91.3 Å². The molecule has 0 aliphatic rings. The minimum absolute atomic E-state index is 0.0350. The predicted octanol–water partition coefficient (Wildman–Crippen LogP) is 7.00. The molecule has 1 amide bonds. The first-order valence-corrected chi connectivity index (χ1v) is 11.3. The van der Waals surface area contributed by atoms with Crippen LogP contribution in [0.1, 0.15) is 11.1 Å². The van der Waals surface area contributed by atoms with E-state index in [9.17, 15) is 10.1 Å². The molecule has 162 valence electrons. The van der Waals surface area contributed by atoms with Crippen molar-refractivity contribution in [3.8, 4) is 17.6 Å². The molecule has 0 aliphatic carbocycles. The first kappa shape index (κ1) is 23.9. The summed E-state index contributed by atoms with van der Waals surface area (Å²) in [5.41, 5.74) is 2.11. The van der Waals surface area contributed by atoms with Crippen molar-refractivity contribution in [2.75, 3.05) is 12.4 Å². The van der Waals surface area contributed by atoms with Crippen LogP contribution in [-0.2, 0) is 11.4 Å². The van der Waals surface area contributed by atoms with Crippen molar-refractivity contribution in [1.82, 2.24) is 0 Å². The third-order valence-corrected chi connectivity index (χ3v) is 5.73. The lowest BCUT2D eigenvalue weighted by molar-refractivity contribution is -0.112. The Bertz CT molecular complexity index is 1180. The minimum atomic E-state index is -0.508. The third kappa shape index (κ3) is 6.36. The number of amides is 1. The van der Waals surface area contributed by atoms with Crippen molar-refractivity contribution >= 4 is 61.1 Å². The molecule has 3 rings (SSSR count). The van der Waals surface area contributed by atoms with Gasteiger partial charge in [-0.15, -0.1) is 0 Å². The van der Waals surface area contributed by atoms with Gasteiger partial charge in [-0.25, -0.2) is 0 Å². The fourth-order valence-corrected chi connectivity index (χ4v) is 4.43. The molecule has 8 heteroatoms. The largest absolute Gasteiger partial charge is 0.497 e. The first-order chi connectivity index (χ1) is 15.4. The summed E-state index contributed by atoms with van der Waals surface area (Å²) in [5, 5.41) is 12.8. The van der Waals surface area contributed by atoms with Crippen LogP contribution >= 0.6 is 43.5 Å². The average molecular weight is 577 g/mol. The fourth-order valence-electron chi connectivity index (χ4n) is 2.77. The van der Waals surface area contributed by atoms with Crippen molar-refractivity contribution in [2.24, 2.45) is 0 Å². The van der Waals surface area contributed by atoms with E-state index in [1.165, 1.54) is 6.08 Å². The molecule has 0 fully saturated rings. The third-order valence-electron chi connectivity index (χ3n) is 4.32. The molecular weight excluding hydrogens is 560 g/mol. The van der Waals surface area contributed by atoms with Gasteiger partial charge in [-0.05, 0) is 97.6 Å². The molecule has 0 spiro atoms. The molecule has 0 heterocycles. The molecule has 5 nitrogen and oxygen atoms in total. The number of hydrogen-bond acceptors (Lipinski definition) is 4. The maximum atomic E-state index is 12.5. The van der Waals surface area contributed by atoms with Crippen LogP contribution in [-0.4, -0.2) is 13.0 Å². The molecule has 0 radical (unpaired) electrons. The summed E-state index contributed by atoms with van der Waals surface area (Å²) in [4.78, 5) is 12.5. The van der Waals surface area contributed by atoms with E-state index in [1.54, 1.807) is 49.6 Å². The van der Waals surface area contributed by atoms with Crippen molar-refractivity contribution in [3.63, 3.8) is 0 Å². The van der Waals surface area contributed by atoms with Gasteiger partial charge in [0, 0.05) is 10.7 Å². The molecule has 0 saturated carbocycles. The molecule has 3 aromatic rings. The standard InChI is InChI=1S/C24H17Br2ClN2O3/c1-31-20-7-5-19(6-8-20)29-24(30)17(13-28)9-16-11-21(25)23(22(26)12-16)32-14-15-3-2-4-18(27)10-15/h2-12H,14H2,1H3,(H,29,30)/b17-9+. The van der Waals surface area contributed by atoms with E-state index in [1.807, 2.05) is 24.3 Å². The van der Waals surface area contributed by atoms with Gasteiger partial charge >= 0.3 is 0 Å². The zero-order chi connectivity index (χ0) is 23.1. The second-order valence-corrected chi connectivity index (χ2v) is 8.73. The highest BCUT2D eigenvalue weighted by Crippen LogP contribution is 2.36. The molecule has 0 aliphatic heterocycles. The number of benzene rings is 3. The Balaban J connectivity index is 1.75. The number of rotatable bonds is 7. The summed E-state index contributed by atoms with van der Waals surface area (Å²) in [5.74, 6) is 0.765. The van der Waals surface area contributed by atoms with E-state index in [2.05, 4.69) is 37.2 Å². The molecule has 0 aromatic heterocycles. The highest BCUT2D eigenvalue weighted by atomic mass is 79.9. The van der Waals surface area contributed by atoms with Crippen molar-refractivity contribution < 1.29 is 14.3 Å². The second kappa shape index (κ2) is 11.2. The van der Waals surface area contributed by atoms with Crippen LogP contribution < -0.4 is 14.8 Å². The molecule has 0 unspecified atom stereocenters. The fraction of sp³-hybridized carbons (Fsp3) is 0.0833. The maximum absolute atomic E-state index is 12.5. The highest BCUT2D eigenvalue weighted by molar-refractivity contribution is 9.11. The van der Waals surface area contributed by atoms with Gasteiger partial charge in [0.25, 0.3) is 5.91 Å². The van der Waals surface area contributed by atoms with Crippen LogP contribution in [0.5, 0.6) is 11.5 Å². The smallest absolute Gasteiger partial charge is 0.266 e. The minimum Gasteiger partial charge on any atom is -0.497 e. The summed E-state index contributed by atoms with van der Waals surface area (Å²) >= 11 is 13.0. The number of carbonyl (C=O) groups excluding carboxylic acids is 1. The second-order valence-electron chi connectivity index (χ2n) is 6.58. The lowest BCUT2D eigenvalue weighted by atomic mass is 10.1. The molecule has 0 bridgehead atoms. The highest BCUT2D eigenvalue weighted by Gasteiger charge is 2.13. The number of hydrogen-bond donors (Lipinski definition) is 1. The number of ether oxygens (including phenoxy) is 2. The van der Waals surface area contributed by atoms with E-state index in [4.69, 9.17) is 21.1 Å². The van der Waals surface area contributed by atoms with Crippen LogP contribution in [0.15, 0.2) is 75.2 Å². The quantitative estimate of drug-likeness (QED) is 0.243. The van der Waals surface area contributed by atoms with Gasteiger partial charge in [0.1, 0.15) is 29.7 Å². The van der Waals surface area contributed by atoms with Crippen LogP contribution in [0.4, 0.5) is 5.69 Å². The van der Waals surface area contributed by atoms with Crippen LogP contribution in [0.25, 0.3) is 6.08 Å². The summed E-state index contributed by atoms with van der Waals surface area (Å²) in [6, 6.07) is 19.8. The number of nitrogens with one attached hydrogen (secondary N) is 1. The molecule has 0 atom stereocenters. The molecule has 32 heavy (non-hydrogen) atoms. The molecule has 0 saturated heterocycles. The van der Waals surface area contributed by atoms with Gasteiger partial charge in [0.2, 0.25) is 0 Å². The van der Waals surface area contributed by atoms with E-state index in [0.717, 1.165) is 5.56 Å². The maximum Gasteiger partial charge on any atom is 0.266 e. The zero-order valence-corrected chi connectivity index (χ0v) is 20.8. The van der Waals surface area contributed by atoms with Gasteiger partial charge in [-0.2, -0.15) is 5.26 Å². The normalized spacial score (nSPS) is 10.9. The van der Waals surface area contributed by atoms with Crippen LogP contribution in [0.2, 0.25) is 5.02 Å². The number of nitrogens with zero attached hydrogens (tertiary/aromatic N) is 1. The van der Waals surface area contributed by atoms with Crippen LogP contribution in [0.3, 0.4) is 0 Å².